The molecular weight excluding hydrogens is 438 g/mol. The van der Waals surface area contributed by atoms with Crippen molar-refractivity contribution in [3.63, 3.8) is 0 Å². The molecule has 4 rings (SSSR count). The monoisotopic (exact) mass is 465 g/mol. The number of pyridine rings is 1. The molecule has 0 aliphatic carbocycles. The average molecular weight is 466 g/mol. The molecule has 0 bridgehead atoms. The molecule has 2 amide bonds. The summed E-state index contributed by atoms with van der Waals surface area (Å²) in [6.07, 6.45) is 9.81. The van der Waals surface area contributed by atoms with Gasteiger partial charge in [0.15, 0.2) is 5.69 Å². The summed E-state index contributed by atoms with van der Waals surface area (Å²) in [5, 5.41) is 5.61. The quantitative estimate of drug-likeness (QED) is 0.514. The lowest BCUT2D eigenvalue weighted by atomic mass is 10.1. The number of piperidine rings is 1. The molecule has 1 atom stereocenters. The number of oxazole rings is 1. The van der Waals surface area contributed by atoms with Crippen LogP contribution in [-0.2, 0) is 0 Å². The molecular formula is C23H27N7O4. The molecule has 0 aromatic carbocycles. The second-order valence-electron chi connectivity index (χ2n) is 8.01. The van der Waals surface area contributed by atoms with Crippen LogP contribution >= 0.6 is 0 Å². The van der Waals surface area contributed by atoms with Crippen LogP contribution in [0.2, 0.25) is 0 Å². The maximum atomic E-state index is 12.8. The predicted octanol–water partition coefficient (Wildman–Crippen LogP) is 2.69. The lowest BCUT2D eigenvalue weighted by molar-refractivity contribution is 0.0939. The number of ether oxygens (including phenoxy) is 1. The van der Waals surface area contributed by atoms with Crippen molar-refractivity contribution >= 4 is 23.5 Å². The second-order valence-corrected chi connectivity index (χ2v) is 8.01. The Balaban J connectivity index is 1.35. The van der Waals surface area contributed by atoms with Crippen LogP contribution in [0, 0.1) is 0 Å². The first kappa shape index (κ1) is 23.1. The fourth-order valence-corrected chi connectivity index (χ4v) is 3.45. The summed E-state index contributed by atoms with van der Waals surface area (Å²) < 4.78 is 11.4. The molecule has 1 fully saturated rings. The number of aromatic nitrogens is 4. The number of rotatable bonds is 8. The summed E-state index contributed by atoms with van der Waals surface area (Å²) in [5.74, 6) is -0.775. The summed E-state index contributed by atoms with van der Waals surface area (Å²) in [4.78, 5) is 43.8. The Kier molecular flexibility index (Phi) is 7.31. The van der Waals surface area contributed by atoms with E-state index in [1.54, 1.807) is 24.5 Å². The highest BCUT2D eigenvalue weighted by atomic mass is 16.5. The summed E-state index contributed by atoms with van der Waals surface area (Å²) in [6.45, 7) is 5.20. The fraction of sp³-hybridized carbons (Fsp3) is 0.391. The van der Waals surface area contributed by atoms with E-state index >= 15 is 0 Å². The molecule has 3 aromatic rings. The van der Waals surface area contributed by atoms with E-state index in [1.165, 1.54) is 18.7 Å². The number of nitrogens with one attached hydrogen (secondary N) is 2. The van der Waals surface area contributed by atoms with E-state index in [0.29, 0.717) is 30.8 Å². The van der Waals surface area contributed by atoms with Gasteiger partial charge in [0.05, 0.1) is 11.3 Å². The van der Waals surface area contributed by atoms with Crippen molar-refractivity contribution in [3.8, 4) is 6.01 Å². The highest BCUT2D eigenvalue weighted by molar-refractivity contribution is 6.08. The van der Waals surface area contributed by atoms with Gasteiger partial charge in [-0.2, -0.15) is 4.98 Å². The first-order valence-corrected chi connectivity index (χ1v) is 11.2. The highest BCUT2D eigenvalue weighted by Crippen LogP contribution is 2.22. The Morgan fingerprint density at radius 3 is 2.71 bits per heavy atom. The number of anilines is 2. The standard InChI is InChI=1S/C23H27N7O4/c1-3-15(2)27-20(31)17-13-24-10-5-18(17)28-21(32)19-14-33-23(29-19)30-11-6-16(7-12-30)34-22-25-8-4-9-26-22/h4-5,8-10,13-16H,3,6-7,11-12H2,1-2H3,(H,27,31)(H,24,28,32)/t15-/m0/s1. The first-order chi connectivity index (χ1) is 16.5. The van der Waals surface area contributed by atoms with Crippen LogP contribution in [-0.4, -0.2) is 57.0 Å². The largest absolute Gasteiger partial charge is 0.460 e. The molecule has 1 aliphatic rings. The van der Waals surface area contributed by atoms with Crippen LogP contribution in [0.25, 0.3) is 0 Å². The van der Waals surface area contributed by atoms with Gasteiger partial charge in [-0.15, -0.1) is 0 Å². The zero-order chi connectivity index (χ0) is 23.9. The third kappa shape index (κ3) is 5.66. The van der Waals surface area contributed by atoms with E-state index in [1.807, 2.05) is 18.7 Å². The van der Waals surface area contributed by atoms with Crippen molar-refractivity contribution in [2.45, 2.75) is 45.3 Å². The van der Waals surface area contributed by atoms with Crippen LogP contribution in [0.1, 0.15) is 54.0 Å². The predicted molar refractivity (Wildman–Crippen MR) is 124 cm³/mol. The molecule has 0 radical (unpaired) electrons. The summed E-state index contributed by atoms with van der Waals surface area (Å²) in [6, 6.07) is 4.05. The van der Waals surface area contributed by atoms with Crippen molar-refractivity contribution < 1.29 is 18.7 Å². The average Bonchev–Trinajstić information content (AvgIpc) is 3.36. The van der Waals surface area contributed by atoms with Crippen LogP contribution in [0.5, 0.6) is 6.01 Å². The number of carbonyl (C=O) groups excluding carboxylic acids is 2. The molecule has 11 nitrogen and oxygen atoms in total. The van der Waals surface area contributed by atoms with E-state index in [9.17, 15) is 9.59 Å². The smallest absolute Gasteiger partial charge is 0.316 e. The zero-order valence-corrected chi connectivity index (χ0v) is 19.1. The number of carbonyl (C=O) groups is 2. The Hall–Kier alpha value is -4.02. The van der Waals surface area contributed by atoms with Crippen molar-refractivity contribution in [1.29, 1.82) is 0 Å². The third-order valence-corrected chi connectivity index (χ3v) is 5.56. The van der Waals surface area contributed by atoms with Gasteiger partial charge in [-0.1, -0.05) is 6.92 Å². The van der Waals surface area contributed by atoms with E-state index in [4.69, 9.17) is 9.15 Å². The molecule has 1 saturated heterocycles. The van der Waals surface area contributed by atoms with Crippen LogP contribution in [0.3, 0.4) is 0 Å². The molecule has 1 aliphatic heterocycles. The van der Waals surface area contributed by atoms with Crippen LogP contribution in [0.15, 0.2) is 47.6 Å². The number of nitrogens with zero attached hydrogens (tertiary/aromatic N) is 5. The highest BCUT2D eigenvalue weighted by Gasteiger charge is 2.25. The molecule has 3 aromatic heterocycles. The van der Waals surface area contributed by atoms with E-state index < -0.39 is 5.91 Å². The number of amides is 2. The van der Waals surface area contributed by atoms with E-state index in [2.05, 4.69) is 30.6 Å². The minimum absolute atomic E-state index is 0.00284. The van der Waals surface area contributed by atoms with Gasteiger partial charge in [0.2, 0.25) is 0 Å². The lowest BCUT2D eigenvalue weighted by Crippen LogP contribution is -2.38. The Morgan fingerprint density at radius 2 is 1.97 bits per heavy atom. The summed E-state index contributed by atoms with van der Waals surface area (Å²) in [5.41, 5.74) is 0.756. The molecule has 11 heteroatoms. The molecule has 2 N–H and O–H groups in total. The Labute approximate surface area is 197 Å². The Morgan fingerprint density at radius 1 is 1.21 bits per heavy atom. The molecule has 34 heavy (non-hydrogen) atoms. The molecule has 4 heterocycles. The third-order valence-electron chi connectivity index (χ3n) is 5.56. The van der Waals surface area contributed by atoms with Gasteiger partial charge < -0.3 is 24.7 Å². The van der Waals surface area contributed by atoms with Gasteiger partial charge in [-0.3, -0.25) is 14.6 Å². The molecule has 0 spiro atoms. The van der Waals surface area contributed by atoms with Gasteiger partial charge in [0.1, 0.15) is 12.4 Å². The first-order valence-electron chi connectivity index (χ1n) is 11.2. The summed E-state index contributed by atoms with van der Waals surface area (Å²) >= 11 is 0. The van der Waals surface area contributed by atoms with Crippen molar-refractivity contribution in [1.82, 2.24) is 25.3 Å². The maximum absolute atomic E-state index is 12.8. The van der Waals surface area contributed by atoms with Gasteiger partial charge in [-0.25, -0.2) is 9.97 Å². The van der Waals surface area contributed by atoms with Gasteiger partial charge in [0.25, 0.3) is 17.8 Å². The minimum atomic E-state index is -0.474. The fourth-order valence-electron chi connectivity index (χ4n) is 3.45. The maximum Gasteiger partial charge on any atom is 0.316 e. The normalized spacial score (nSPS) is 14.9. The summed E-state index contributed by atoms with van der Waals surface area (Å²) in [7, 11) is 0. The number of hydrogen-bond donors (Lipinski definition) is 2. The molecule has 178 valence electrons. The topological polar surface area (TPSA) is 135 Å². The van der Waals surface area contributed by atoms with Crippen LogP contribution in [0.4, 0.5) is 11.7 Å². The van der Waals surface area contributed by atoms with Gasteiger partial charge >= 0.3 is 6.01 Å². The van der Waals surface area contributed by atoms with Crippen molar-refractivity contribution in [2.75, 3.05) is 23.3 Å². The molecule has 0 unspecified atom stereocenters. The van der Waals surface area contributed by atoms with E-state index in [0.717, 1.165) is 19.3 Å². The van der Waals surface area contributed by atoms with Crippen molar-refractivity contribution in [3.05, 3.63) is 54.4 Å². The van der Waals surface area contributed by atoms with Gasteiger partial charge in [0, 0.05) is 56.8 Å². The number of hydrogen-bond acceptors (Lipinski definition) is 9. The molecule has 0 saturated carbocycles. The second kappa shape index (κ2) is 10.7. The Bertz CT molecular complexity index is 1110. The minimum Gasteiger partial charge on any atom is -0.460 e. The van der Waals surface area contributed by atoms with Crippen LogP contribution < -0.4 is 20.3 Å². The lowest BCUT2D eigenvalue weighted by Gasteiger charge is -2.30. The van der Waals surface area contributed by atoms with Gasteiger partial charge in [-0.05, 0) is 25.5 Å². The van der Waals surface area contributed by atoms with E-state index in [-0.39, 0.29) is 29.3 Å². The zero-order valence-electron chi connectivity index (χ0n) is 19.1. The SMILES string of the molecule is CC[C@H](C)NC(=O)c1cnccc1NC(=O)c1coc(N2CCC(Oc3ncccn3)CC2)n1. The van der Waals surface area contributed by atoms with Crippen molar-refractivity contribution in [2.24, 2.45) is 0 Å².